The van der Waals surface area contributed by atoms with Crippen LogP contribution in [0.25, 0.3) is 0 Å². The summed E-state index contributed by atoms with van der Waals surface area (Å²) in [6, 6.07) is 8.53. The molecule has 0 unspecified atom stereocenters. The lowest BCUT2D eigenvalue weighted by molar-refractivity contribution is 0.0372. The van der Waals surface area contributed by atoms with E-state index in [9.17, 15) is 4.79 Å². The zero-order valence-corrected chi connectivity index (χ0v) is 15.5. The number of hydrogen-bond donors (Lipinski definition) is 1. The van der Waals surface area contributed by atoms with E-state index in [0.717, 1.165) is 44.6 Å². The second-order valence-corrected chi connectivity index (χ2v) is 7.59. The fraction of sp³-hybridized carbons (Fsp3) is 0.650. The van der Waals surface area contributed by atoms with E-state index in [4.69, 9.17) is 4.74 Å². The van der Waals surface area contributed by atoms with Crippen LogP contribution in [0.15, 0.2) is 24.3 Å². The molecule has 0 bridgehead atoms. The van der Waals surface area contributed by atoms with Crippen molar-refractivity contribution in [3.8, 4) is 0 Å². The number of benzene rings is 1. The lowest BCUT2D eigenvalue weighted by Gasteiger charge is -2.34. The topological polar surface area (TPSA) is 44.8 Å². The summed E-state index contributed by atoms with van der Waals surface area (Å²) in [6.45, 7) is 4.13. The molecule has 1 aromatic rings. The SMILES string of the molecule is CN(C)Cc1ccc(CNC(=O)N2CCC([C@@H]3CCCO3)CC2)cc1. The molecule has 2 amide bonds. The largest absolute Gasteiger partial charge is 0.378 e. The highest BCUT2D eigenvalue weighted by molar-refractivity contribution is 5.74. The molecule has 3 rings (SSSR count). The Hall–Kier alpha value is -1.59. The van der Waals surface area contributed by atoms with Gasteiger partial charge in [0.15, 0.2) is 0 Å². The first-order valence-electron chi connectivity index (χ1n) is 9.49. The number of carbonyl (C=O) groups excluding carboxylic acids is 1. The Balaban J connectivity index is 1.40. The number of nitrogens with one attached hydrogen (secondary N) is 1. The van der Waals surface area contributed by atoms with Crippen molar-refractivity contribution in [2.45, 2.75) is 44.9 Å². The predicted octanol–water partition coefficient (Wildman–Crippen LogP) is 2.85. The van der Waals surface area contributed by atoms with E-state index >= 15 is 0 Å². The van der Waals surface area contributed by atoms with Gasteiger partial charge >= 0.3 is 6.03 Å². The van der Waals surface area contributed by atoms with Gasteiger partial charge in [0, 0.05) is 32.8 Å². The second kappa shape index (κ2) is 8.68. The molecule has 1 aromatic carbocycles. The monoisotopic (exact) mass is 345 g/mol. The minimum atomic E-state index is 0.0585. The third-order valence-electron chi connectivity index (χ3n) is 5.28. The number of urea groups is 1. The average molecular weight is 345 g/mol. The van der Waals surface area contributed by atoms with E-state index < -0.39 is 0 Å². The van der Waals surface area contributed by atoms with Crippen LogP contribution in [0.3, 0.4) is 0 Å². The number of ether oxygens (including phenoxy) is 1. The summed E-state index contributed by atoms with van der Waals surface area (Å²) >= 11 is 0. The number of likely N-dealkylation sites (tertiary alicyclic amines) is 1. The summed E-state index contributed by atoms with van der Waals surface area (Å²) in [5, 5.41) is 3.06. The fourth-order valence-corrected chi connectivity index (χ4v) is 3.87. The van der Waals surface area contributed by atoms with Gasteiger partial charge in [-0.25, -0.2) is 4.79 Å². The molecule has 2 fully saturated rings. The number of amides is 2. The smallest absolute Gasteiger partial charge is 0.317 e. The Bertz CT molecular complexity index is 545. The Kier molecular flexibility index (Phi) is 6.32. The summed E-state index contributed by atoms with van der Waals surface area (Å²) in [5.41, 5.74) is 2.43. The van der Waals surface area contributed by atoms with Crippen LogP contribution in [0.4, 0.5) is 4.79 Å². The van der Waals surface area contributed by atoms with E-state index in [1.165, 1.54) is 18.4 Å². The zero-order valence-electron chi connectivity index (χ0n) is 15.5. The van der Waals surface area contributed by atoms with Crippen molar-refractivity contribution in [2.75, 3.05) is 33.8 Å². The van der Waals surface area contributed by atoms with Gasteiger partial charge in [-0.15, -0.1) is 0 Å². The van der Waals surface area contributed by atoms with E-state index in [-0.39, 0.29) is 6.03 Å². The molecule has 0 spiro atoms. The van der Waals surface area contributed by atoms with Crippen molar-refractivity contribution in [1.82, 2.24) is 15.1 Å². The van der Waals surface area contributed by atoms with Crippen LogP contribution in [-0.4, -0.2) is 55.7 Å². The van der Waals surface area contributed by atoms with E-state index in [0.29, 0.717) is 18.6 Å². The van der Waals surface area contributed by atoms with Gasteiger partial charge in [0.25, 0.3) is 0 Å². The number of rotatable bonds is 5. The van der Waals surface area contributed by atoms with Crippen LogP contribution in [0.5, 0.6) is 0 Å². The molecular formula is C20H31N3O2. The van der Waals surface area contributed by atoms with Gasteiger partial charge in [0.1, 0.15) is 0 Å². The summed E-state index contributed by atoms with van der Waals surface area (Å²) in [4.78, 5) is 16.5. The van der Waals surface area contributed by atoms with Gasteiger partial charge in [-0.3, -0.25) is 0 Å². The molecule has 1 N–H and O–H groups in total. The molecule has 25 heavy (non-hydrogen) atoms. The minimum absolute atomic E-state index is 0.0585. The maximum atomic E-state index is 12.4. The maximum absolute atomic E-state index is 12.4. The molecule has 0 radical (unpaired) electrons. The van der Waals surface area contributed by atoms with Gasteiger partial charge in [-0.1, -0.05) is 24.3 Å². The first-order chi connectivity index (χ1) is 12.1. The van der Waals surface area contributed by atoms with E-state index in [2.05, 4.69) is 48.6 Å². The number of carbonyl (C=O) groups is 1. The molecule has 2 aliphatic rings. The fourth-order valence-electron chi connectivity index (χ4n) is 3.87. The molecule has 0 aliphatic carbocycles. The molecular weight excluding hydrogens is 314 g/mol. The molecule has 2 aliphatic heterocycles. The van der Waals surface area contributed by atoms with Crippen LogP contribution in [0.1, 0.15) is 36.8 Å². The van der Waals surface area contributed by atoms with E-state index in [1.54, 1.807) is 0 Å². The number of piperidine rings is 1. The maximum Gasteiger partial charge on any atom is 0.317 e. The van der Waals surface area contributed by atoms with Gasteiger partial charge < -0.3 is 19.9 Å². The third-order valence-corrected chi connectivity index (χ3v) is 5.28. The van der Waals surface area contributed by atoms with Crippen molar-refractivity contribution < 1.29 is 9.53 Å². The molecule has 0 saturated carbocycles. The number of nitrogens with zero attached hydrogens (tertiary/aromatic N) is 2. The van der Waals surface area contributed by atoms with E-state index in [1.807, 2.05) is 4.90 Å². The summed E-state index contributed by atoms with van der Waals surface area (Å²) < 4.78 is 5.80. The van der Waals surface area contributed by atoms with Crippen LogP contribution in [0.2, 0.25) is 0 Å². The van der Waals surface area contributed by atoms with Gasteiger partial charge in [0.05, 0.1) is 6.10 Å². The van der Waals surface area contributed by atoms with Crippen molar-refractivity contribution in [1.29, 1.82) is 0 Å². The molecule has 2 heterocycles. The minimum Gasteiger partial charge on any atom is -0.378 e. The molecule has 1 atom stereocenters. The Morgan fingerprint density at radius 3 is 2.44 bits per heavy atom. The lowest BCUT2D eigenvalue weighted by atomic mass is 9.90. The highest BCUT2D eigenvalue weighted by Crippen LogP contribution is 2.28. The molecule has 2 saturated heterocycles. The normalized spacial score (nSPS) is 21.7. The highest BCUT2D eigenvalue weighted by atomic mass is 16.5. The number of hydrogen-bond acceptors (Lipinski definition) is 3. The highest BCUT2D eigenvalue weighted by Gasteiger charge is 2.30. The van der Waals surface area contributed by atoms with Crippen LogP contribution < -0.4 is 5.32 Å². The first-order valence-corrected chi connectivity index (χ1v) is 9.49. The molecule has 138 valence electrons. The summed E-state index contributed by atoms with van der Waals surface area (Å²) in [5.74, 6) is 0.635. The van der Waals surface area contributed by atoms with Crippen LogP contribution in [0, 0.1) is 5.92 Å². The Morgan fingerprint density at radius 1 is 1.16 bits per heavy atom. The average Bonchev–Trinajstić information content (AvgIpc) is 3.15. The van der Waals surface area contributed by atoms with Crippen LogP contribution >= 0.6 is 0 Å². The summed E-state index contributed by atoms with van der Waals surface area (Å²) in [6.07, 6.45) is 4.96. The van der Waals surface area contributed by atoms with Crippen LogP contribution in [-0.2, 0) is 17.8 Å². The Morgan fingerprint density at radius 2 is 1.84 bits per heavy atom. The first kappa shape index (κ1) is 18.2. The second-order valence-electron chi connectivity index (χ2n) is 7.59. The summed E-state index contributed by atoms with van der Waals surface area (Å²) in [7, 11) is 4.13. The van der Waals surface area contributed by atoms with Crippen molar-refractivity contribution in [2.24, 2.45) is 5.92 Å². The van der Waals surface area contributed by atoms with Gasteiger partial charge in [-0.2, -0.15) is 0 Å². The van der Waals surface area contributed by atoms with Crippen molar-refractivity contribution >= 4 is 6.03 Å². The standard InChI is InChI=1S/C20H31N3O2/c1-22(2)15-17-7-5-16(6-8-17)14-21-20(24)23-11-9-18(10-12-23)19-4-3-13-25-19/h5-8,18-19H,3-4,9-15H2,1-2H3,(H,21,24)/t19-/m0/s1. The molecule has 0 aromatic heterocycles. The predicted molar refractivity (Wildman–Crippen MR) is 99.3 cm³/mol. The molecule has 5 nitrogen and oxygen atoms in total. The van der Waals surface area contributed by atoms with Crippen molar-refractivity contribution in [3.63, 3.8) is 0 Å². The Labute approximate surface area is 151 Å². The van der Waals surface area contributed by atoms with Gasteiger partial charge in [0.2, 0.25) is 0 Å². The third kappa shape index (κ3) is 5.19. The zero-order chi connectivity index (χ0) is 17.6. The van der Waals surface area contributed by atoms with Crippen molar-refractivity contribution in [3.05, 3.63) is 35.4 Å². The molecule has 5 heteroatoms. The lowest BCUT2D eigenvalue weighted by Crippen LogP contribution is -2.45. The quantitative estimate of drug-likeness (QED) is 0.892. The van der Waals surface area contributed by atoms with Gasteiger partial charge in [-0.05, 0) is 56.8 Å².